The second-order valence-corrected chi connectivity index (χ2v) is 19.4. The number of carbonyl (C=O) groups excluding carboxylic acids is 1. The lowest BCUT2D eigenvalue weighted by molar-refractivity contribution is -0.332. The number of unbranched alkanes of at least 4 members (excludes halogenated alkanes) is 18. The molecule has 0 saturated carbocycles. The van der Waals surface area contributed by atoms with Crippen LogP contribution in [0.3, 0.4) is 0 Å². The first-order valence-electron chi connectivity index (χ1n) is 28.0. The van der Waals surface area contributed by atoms with E-state index in [-0.39, 0.29) is 19.6 Å². The minimum Gasteiger partial charge on any atom is -0.457 e. The number of aliphatic hydroxyl groups excluding tert-OH is 7. The lowest BCUT2D eigenvalue weighted by Gasteiger charge is -2.42. The predicted molar refractivity (Wildman–Crippen MR) is 284 cm³/mol. The van der Waals surface area contributed by atoms with Crippen LogP contribution in [0, 0.1) is 0 Å². The summed E-state index contributed by atoms with van der Waals surface area (Å²) >= 11 is 0. The van der Waals surface area contributed by atoms with Crippen LogP contribution in [0.2, 0.25) is 0 Å². The van der Waals surface area contributed by atoms with Gasteiger partial charge in [0, 0.05) is 13.0 Å². The molecule has 2 aliphatic heterocycles. The van der Waals surface area contributed by atoms with Gasteiger partial charge in [-0.05, 0) is 83.5 Å². The molecule has 0 bridgehead atoms. The molecule has 0 radical (unpaired) electrons. The van der Waals surface area contributed by atoms with E-state index < -0.39 is 86.7 Å². The average molecular weight is 1020 g/mol. The lowest BCUT2D eigenvalue weighted by atomic mass is 9.98. The lowest BCUT2D eigenvalue weighted by Crippen LogP contribution is -2.61. The van der Waals surface area contributed by atoms with E-state index in [1.54, 1.807) is 0 Å². The highest BCUT2D eigenvalue weighted by molar-refractivity contribution is 5.69. The Kier molecular flexibility index (Phi) is 40.7. The quantitative estimate of drug-likeness (QED) is 0.0172. The summed E-state index contributed by atoms with van der Waals surface area (Å²) < 4.78 is 34.3. The fraction of sp³-hybridized carbons (Fsp3) is 0.776. The summed E-state index contributed by atoms with van der Waals surface area (Å²) in [6, 6.07) is 0. The highest BCUT2D eigenvalue weighted by Gasteiger charge is 2.47. The van der Waals surface area contributed by atoms with Crippen molar-refractivity contribution >= 4 is 5.97 Å². The molecular weight excluding hydrogens is 921 g/mol. The minimum absolute atomic E-state index is 0.0491. The van der Waals surface area contributed by atoms with Crippen molar-refractivity contribution < 1.29 is 69.0 Å². The van der Waals surface area contributed by atoms with E-state index in [0.717, 1.165) is 96.3 Å². The predicted octanol–water partition coefficient (Wildman–Crippen LogP) is 9.47. The van der Waals surface area contributed by atoms with Crippen LogP contribution in [0.4, 0.5) is 0 Å². The molecule has 2 heterocycles. The summed E-state index contributed by atoms with van der Waals surface area (Å²) in [4.78, 5) is 13.0. The Hall–Kier alpha value is -2.57. The van der Waals surface area contributed by atoms with Crippen LogP contribution in [-0.4, -0.2) is 142 Å². The highest BCUT2D eigenvalue weighted by atomic mass is 16.7. The summed E-state index contributed by atoms with van der Waals surface area (Å²) in [6.45, 7) is 3.53. The van der Waals surface area contributed by atoms with Crippen LogP contribution in [0.25, 0.3) is 0 Å². The van der Waals surface area contributed by atoms with E-state index in [1.807, 2.05) is 0 Å². The number of hydrogen-bond acceptors (Lipinski definition) is 14. The van der Waals surface area contributed by atoms with Crippen molar-refractivity contribution in [3.63, 3.8) is 0 Å². The molecule has 0 spiro atoms. The van der Waals surface area contributed by atoms with Gasteiger partial charge >= 0.3 is 5.97 Å². The maximum atomic E-state index is 13.0. The molecule has 0 aromatic rings. The van der Waals surface area contributed by atoms with Gasteiger partial charge in [0.25, 0.3) is 0 Å². The van der Waals surface area contributed by atoms with Crippen LogP contribution >= 0.6 is 0 Å². The largest absolute Gasteiger partial charge is 0.457 e. The van der Waals surface area contributed by atoms with Crippen molar-refractivity contribution in [3.05, 3.63) is 72.9 Å². The smallest absolute Gasteiger partial charge is 0.306 e. The fourth-order valence-electron chi connectivity index (χ4n) is 8.42. The number of carbonyl (C=O) groups is 1. The van der Waals surface area contributed by atoms with Gasteiger partial charge in [-0.15, -0.1) is 0 Å². The molecule has 416 valence electrons. The van der Waals surface area contributed by atoms with Gasteiger partial charge < -0.3 is 64.2 Å². The molecule has 0 aliphatic carbocycles. The van der Waals surface area contributed by atoms with Gasteiger partial charge in [0.15, 0.2) is 12.6 Å². The molecule has 0 amide bonds. The minimum atomic E-state index is -1.71. The topological polar surface area (TPSA) is 214 Å². The molecule has 2 saturated heterocycles. The van der Waals surface area contributed by atoms with Crippen molar-refractivity contribution in [1.29, 1.82) is 0 Å². The van der Waals surface area contributed by atoms with Gasteiger partial charge in [0.1, 0.15) is 54.9 Å². The molecule has 2 rings (SSSR count). The average Bonchev–Trinajstić information content (AvgIpc) is 3.38. The number of hydrogen-bond donors (Lipinski definition) is 7. The third-order valence-electron chi connectivity index (χ3n) is 12.9. The zero-order valence-corrected chi connectivity index (χ0v) is 44.4. The van der Waals surface area contributed by atoms with E-state index in [1.165, 1.54) is 64.2 Å². The van der Waals surface area contributed by atoms with Gasteiger partial charge in [-0.25, -0.2) is 0 Å². The Balaban J connectivity index is 1.72. The normalized spacial score (nSPS) is 25.7. The van der Waals surface area contributed by atoms with Crippen LogP contribution in [0.5, 0.6) is 0 Å². The molecule has 7 N–H and O–H groups in total. The van der Waals surface area contributed by atoms with Crippen molar-refractivity contribution in [1.82, 2.24) is 0 Å². The molecule has 2 fully saturated rings. The highest BCUT2D eigenvalue weighted by Crippen LogP contribution is 2.26. The van der Waals surface area contributed by atoms with Gasteiger partial charge in [-0.1, -0.05) is 170 Å². The standard InChI is InChI=1S/C58H100O14/c1-3-5-7-9-11-13-15-17-19-20-21-22-23-24-25-26-27-28-30-32-34-36-38-40-42-67-44-47(70-50(60)41-39-37-35-33-31-29-18-16-14-12-10-8-6-4-2)45-68-57-56(66)54(64)52(62)49(72-57)46-69-58-55(65)53(63)51(61)48(43-59)71-58/h5,7,11,13,16-19,21-22,24-25,47-49,51-59,61-66H,3-4,6,8-10,12,14-15,20,23,26-46H2,1-2H3/b7-5-,13-11-,18-16-,19-17-,22-21-,25-24-. The Morgan fingerprint density at radius 3 is 1.43 bits per heavy atom. The summed E-state index contributed by atoms with van der Waals surface area (Å²) in [6.07, 6.45) is 39.6. The molecule has 11 unspecified atom stereocenters. The fourth-order valence-corrected chi connectivity index (χ4v) is 8.42. The number of aliphatic hydroxyl groups is 7. The monoisotopic (exact) mass is 1020 g/mol. The Morgan fingerprint density at radius 1 is 0.472 bits per heavy atom. The summed E-state index contributed by atoms with van der Waals surface area (Å²) in [7, 11) is 0. The van der Waals surface area contributed by atoms with Crippen molar-refractivity contribution in [2.24, 2.45) is 0 Å². The van der Waals surface area contributed by atoms with Crippen molar-refractivity contribution in [3.8, 4) is 0 Å². The van der Waals surface area contributed by atoms with Crippen molar-refractivity contribution in [2.45, 2.75) is 255 Å². The summed E-state index contributed by atoms with van der Waals surface area (Å²) in [5, 5.41) is 72.3. The van der Waals surface area contributed by atoms with Crippen LogP contribution in [-0.2, 0) is 33.2 Å². The van der Waals surface area contributed by atoms with Crippen LogP contribution in [0.15, 0.2) is 72.9 Å². The summed E-state index contributed by atoms with van der Waals surface area (Å²) in [5.74, 6) is -0.390. The first-order valence-corrected chi connectivity index (χ1v) is 28.0. The molecular formula is C58H100O14. The third-order valence-corrected chi connectivity index (χ3v) is 12.9. The number of esters is 1. The molecule has 0 aromatic heterocycles. The molecule has 14 heteroatoms. The Morgan fingerprint density at radius 2 is 0.903 bits per heavy atom. The molecule has 0 aromatic carbocycles. The SMILES string of the molecule is CC/C=C\C/C=C\C/C=C\C/C=C\C/C=C\CCCCCCCCCCOCC(COC1OC(COC2OC(CO)C(O)C(O)C2O)C(O)C(O)C1O)OC(=O)CCCCCCC/C=C\CCCCCCC. The first kappa shape index (κ1) is 65.5. The number of ether oxygens (including phenoxy) is 6. The van der Waals surface area contributed by atoms with E-state index in [9.17, 15) is 40.5 Å². The Labute approximate surface area is 434 Å². The maximum Gasteiger partial charge on any atom is 0.306 e. The zero-order chi connectivity index (χ0) is 52.3. The van der Waals surface area contributed by atoms with Crippen LogP contribution in [0.1, 0.15) is 187 Å². The first-order chi connectivity index (χ1) is 35.1. The third kappa shape index (κ3) is 31.3. The molecule has 14 nitrogen and oxygen atoms in total. The number of allylic oxidation sites excluding steroid dienone is 12. The number of rotatable bonds is 44. The van der Waals surface area contributed by atoms with Gasteiger partial charge in [0.05, 0.1) is 26.4 Å². The van der Waals surface area contributed by atoms with E-state index in [4.69, 9.17) is 28.4 Å². The van der Waals surface area contributed by atoms with Gasteiger partial charge in [0.2, 0.25) is 0 Å². The molecule has 72 heavy (non-hydrogen) atoms. The van der Waals surface area contributed by atoms with Gasteiger partial charge in [-0.3, -0.25) is 4.79 Å². The molecule has 2 aliphatic rings. The Bertz CT molecular complexity index is 1460. The van der Waals surface area contributed by atoms with Crippen LogP contribution < -0.4 is 0 Å². The second-order valence-electron chi connectivity index (χ2n) is 19.4. The second kappa shape index (κ2) is 44.7. The van der Waals surface area contributed by atoms with E-state index >= 15 is 0 Å². The van der Waals surface area contributed by atoms with Crippen molar-refractivity contribution in [2.75, 3.05) is 33.0 Å². The van der Waals surface area contributed by atoms with E-state index in [2.05, 4.69) is 86.8 Å². The van der Waals surface area contributed by atoms with Gasteiger partial charge in [-0.2, -0.15) is 0 Å². The summed E-state index contributed by atoms with van der Waals surface area (Å²) in [5.41, 5.74) is 0. The maximum absolute atomic E-state index is 13.0. The van der Waals surface area contributed by atoms with E-state index in [0.29, 0.717) is 13.0 Å². The molecule has 11 atom stereocenters. The zero-order valence-electron chi connectivity index (χ0n) is 44.4.